The summed E-state index contributed by atoms with van der Waals surface area (Å²) >= 11 is 0. The second kappa shape index (κ2) is 9.03. The molecule has 4 heterocycles. The van der Waals surface area contributed by atoms with Crippen LogP contribution in [0.4, 0.5) is 17.3 Å². The lowest BCUT2D eigenvalue weighted by Crippen LogP contribution is -2.36. The minimum Gasteiger partial charge on any atom is -0.378 e. The predicted molar refractivity (Wildman–Crippen MR) is 132 cm³/mol. The van der Waals surface area contributed by atoms with Crippen LogP contribution in [0.25, 0.3) is 11.7 Å². The van der Waals surface area contributed by atoms with E-state index in [-0.39, 0.29) is 18.2 Å². The van der Waals surface area contributed by atoms with Crippen LogP contribution in [0.2, 0.25) is 0 Å². The van der Waals surface area contributed by atoms with Crippen LogP contribution < -0.4 is 20.9 Å². The zero-order valence-corrected chi connectivity index (χ0v) is 19.3. The average Bonchev–Trinajstić information content (AvgIpc) is 3.51. The number of hydrogen-bond donors (Lipinski definition) is 3. The van der Waals surface area contributed by atoms with Gasteiger partial charge in [-0.3, -0.25) is 14.9 Å². The van der Waals surface area contributed by atoms with Crippen molar-refractivity contribution in [3.8, 4) is 0 Å². The highest BCUT2D eigenvalue weighted by Gasteiger charge is 2.26. The van der Waals surface area contributed by atoms with Crippen LogP contribution in [-0.4, -0.2) is 58.8 Å². The molecule has 0 bridgehead atoms. The van der Waals surface area contributed by atoms with Crippen LogP contribution in [0.5, 0.6) is 0 Å². The maximum Gasteiger partial charge on any atom is 0.254 e. The number of morpholine rings is 1. The fraction of sp³-hybridized carbons (Fsp3) is 0.360. The lowest BCUT2D eigenvalue weighted by Gasteiger charge is -2.30. The van der Waals surface area contributed by atoms with E-state index >= 15 is 0 Å². The van der Waals surface area contributed by atoms with E-state index in [1.807, 2.05) is 12.1 Å². The van der Waals surface area contributed by atoms with Gasteiger partial charge in [-0.2, -0.15) is 9.61 Å². The summed E-state index contributed by atoms with van der Waals surface area (Å²) in [5.41, 5.74) is 4.12. The van der Waals surface area contributed by atoms with Gasteiger partial charge >= 0.3 is 0 Å². The van der Waals surface area contributed by atoms with Crippen molar-refractivity contribution in [1.29, 1.82) is 0 Å². The molecule has 6 rings (SSSR count). The van der Waals surface area contributed by atoms with Crippen LogP contribution in [0.15, 0.2) is 42.1 Å². The third-order valence-electron chi connectivity index (χ3n) is 6.46. The molecule has 2 saturated heterocycles. The molecule has 3 aliphatic rings. The Kier molecular flexibility index (Phi) is 5.57. The summed E-state index contributed by atoms with van der Waals surface area (Å²) in [6.45, 7) is 3.83. The zero-order chi connectivity index (χ0) is 23.8. The molecule has 2 amide bonds. The SMILES string of the molecule is O=C1C/C(=C\c2cnn3c(NC4CC4)cc(NCc4ccccc4N4CCOCC4)nc23)C(=O)N1. The van der Waals surface area contributed by atoms with Gasteiger partial charge in [0.1, 0.15) is 11.6 Å². The number of amides is 2. The van der Waals surface area contributed by atoms with Crippen molar-refractivity contribution in [2.24, 2.45) is 0 Å². The van der Waals surface area contributed by atoms with Crippen molar-refractivity contribution in [2.75, 3.05) is 41.8 Å². The first-order valence-corrected chi connectivity index (χ1v) is 12.0. The number of carbonyl (C=O) groups excluding carboxylic acids is 2. The number of aromatic nitrogens is 3. The molecule has 0 atom stereocenters. The van der Waals surface area contributed by atoms with Crippen LogP contribution in [0.3, 0.4) is 0 Å². The Morgan fingerprint density at radius 2 is 2.00 bits per heavy atom. The number of ether oxygens (including phenoxy) is 1. The van der Waals surface area contributed by atoms with E-state index in [4.69, 9.17) is 9.72 Å². The number of fused-ring (bicyclic) bond motifs is 1. The molecule has 10 heteroatoms. The van der Waals surface area contributed by atoms with Gasteiger partial charge in [0.2, 0.25) is 5.91 Å². The van der Waals surface area contributed by atoms with Crippen LogP contribution in [0.1, 0.15) is 30.4 Å². The van der Waals surface area contributed by atoms with Gasteiger partial charge in [-0.05, 0) is 30.5 Å². The third-order valence-corrected chi connectivity index (χ3v) is 6.46. The number of nitrogens with zero attached hydrogens (tertiary/aromatic N) is 4. The van der Waals surface area contributed by atoms with Crippen LogP contribution in [0, 0.1) is 0 Å². The van der Waals surface area contributed by atoms with Gasteiger partial charge in [-0.15, -0.1) is 0 Å². The van der Waals surface area contributed by atoms with E-state index in [1.54, 1.807) is 16.8 Å². The first kappa shape index (κ1) is 21.6. The highest BCUT2D eigenvalue weighted by atomic mass is 16.5. The van der Waals surface area contributed by atoms with E-state index in [2.05, 4.69) is 44.1 Å². The fourth-order valence-corrected chi connectivity index (χ4v) is 4.48. The van der Waals surface area contributed by atoms with E-state index in [0.29, 0.717) is 35.2 Å². The largest absolute Gasteiger partial charge is 0.378 e. The summed E-state index contributed by atoms with van der Waals surface area (Å²) < 4.78 is 7.27. The van der Waals surface area contributed by atoms with Gasteiger partial charge in [-0.1, -0.05) is 18.2 Å². The number of anilines is 3. The van der Waals surface area contributed by atoms with Crippen LogP contribution >= 0.6 is 0 Å². The molecular weight excluding hydrogens is 446 g/mol. The summed E-state index contributed by atoms with van der Waals surface area (Å²) in [5, 5.41) is 13.8. The van der Waals surface area contributed by atoms with Gasteiger partial charge in [0, 0.05) is 48.6 Å². The molecule has 3 fully saturated rings. The molecule has 2 aromatic heterocycles. The van der Waals surface area contributed by atoms with Crippen molar-refractivity contribution in [1.82, 2.24) is 19.9 Å². The number of benzene rings is 1. The van der Waals surface area contributed by atoms with Crippen molar-refractivity contribution >= 4 is 40.9 Å². The quantitative estimate of drug-likeness (QED) is 0.354. The van der Waals surface area contributed by atoms with Gasteiger partial charge in [0.25, 0.3) is 5.91 Å². The number of carbonyl (C=O) groups is 2. The van der Waals surface area contributed by atoms with Crippen molar-refractivity contribution < 1.29 is 14.3 Å². The Bertz CT molecular complexity index is 1320. The van der Waals surface area contributed by atoms with E-state index in [9.17, 15) is 9.59 Å². The molecule has 2 aliphatic heterocycles. The molecule has 10 nitrogen and oxygen atoms in total. The molecule has 1 saturated carbocycles. The second-order valence-corrected chi connectivity index (χ2v) is 9.09. The minimum absolute atomic E-state index is 0.0691. The summed E-state index contributed by atoms with van der Waals surface area (Å²) in [6, 6.07) is 10.8. The van der Waals surface area contributed by atoms with E-state index in [1.165, 1.54) is 11.3 Å². The summed E-state index contributed by atoms with van der Waals surface area (Å²) in [4.78, 5) is 30.9. The fourth-order valence-electron chi connectivity index (χ4n) is 4.48. The number of nitrogens with one attached hydrogen (secondary N) is 3. The molecule has 1 aliphatic carbocycles. The normalized spacial score (nSPS) is 19.4. The first-order chi connectivity index (χ1) is 17.1. The Morgan fingerprint density at radius 3 is 2.77 bits per heavy atom. The van der Waals surface area contributed by atoms with E-state index in [0.717, 1.165) is 45.0 Å². The topological polar surface area (TPSA) is 113 Å². The Labute approximate surface area is 202 Å². The number of hydrogen-bond acceptors (Lipinski definition) is 8. The monoisotopic (exact) mass is 473 g/mol. The second-order valence-electron chi connectivity index (χ2n) is 9.09. The molecule has 0 spiro atoms. The maximum absolute atomic E-state index is 12.1. The van der Waals surface area contributed by atoms with Crippen molar-refractivity contribution in [3.05, 3.63) is 53.2 Å². The predicted octanol–water partition coefficient (Wildman–Crippen LogP) is 2.18. The van der Waals surface area contributed by atoms with Crippen LogP contribution in [-0.2, 0) is 20.9 Å². The Hall–Kier alpha value is -3.92. The minimum atomic E-state index is -0.361. The molecule has 0 unspecified atom stereocenters. The highest BCUT2D eigenvalue weighted by molar-refractivity contribution is 6.15. The lowest BCUT2D eigenvalue weighted by molar-refractivity contribution is -0.124. The molecule has 3 aromatic rings. The van der Waals surface area contributed by atoms with E-state index < -0.39 is 0 Å². The molecule has 3 N–H and O–H groups in total. The average molecular weight is 474 g/mol. The molecule has 1 aromatic carbocycles. The molecule has 0 radical (unpaired) electrons. The summed E-state index contributed by atoms with van der Waals surface area (Å²) in [6.07, 6.45) is 5.70. The zero-order valence-electron chi connectivity index (χ0n) is 19.3. The molecule has 180 valence electrons. The van der Waals surface area contributed by atoms with Gasteiger partial charge in [-0.25, -0.2) is 4.98 Å². The smallest absolute Gasteiger partial charge is 0.254 e. The number of rotatable bonds is 7. The Balaban J connectivity index is 1.31. The van der Waals surface area contributed by atoms with Crippen molar-refractivity contribution in [2.45, 2.75) is 31.8 Å². The number of imide groups is 1. The standard InChI is InChI=1S/C25H27N7O3/c33-23-12-17(25(34)30-23)11-18-15-27-32-22(28-19-5-6-19)13-21(29-24(18)32)26-14-16-3-1-2-4-20(16)31-7-9-35-10-8-31/h1-4,11,13,15,19,28H,5-10,12,14H2,(H,26,29)(H,30,33,34)/b17-11+. The summed E-state index contributed by atoms with van der Waals surface area (Å²) in [7, 11) is 0. The third kappa shape index (κ3) is 4.57. The molecule has 35 heavy (non-hydrogen) atoms. The van der Waals surface area contributed by atoms with Gasteiger partial charge < -0.3 is 20.3 Å². The van der Waals surface area contributed by atoms with Crippen molar-refractivity contribution in [3.63, 3.8) is 0 Å². The number of para-hydroxylation sites is 1. The highest BCUT2D eigenvalue weighted by Crippen LogP contribution is 2.29. The maximum atomic E-state index is 12.1. The lowest BCUT2D eigenvalue weighted by atomic mass is 10.1. The summed E-state index contributed by atoms with van der Waals surface area (Å²) in [5.74, 6) is 0.908. The molecular formula is C25H27N7O3. The Morgan fingerprint density at radius 1 is 1.17 bits per heavy atom. The van der Waals surface area contributed by atoms with Gasteiger partial charge in [0.05, 0.1) is 25.8 Å². The first-order valence-electron chi connectivity index (χ1n) is 12.0. The van der Waals surface area contributed by atoms with Gasteiger partial charge in [0.15, 0.2) is 5.65 Å².